The summed E-state index contributed by atoms with van der Waals surface area (Å²) in [6.07, 6.45) is 1.73. The van der Waals surface area contributed by atoms with Gasteiger partial charge >= 0.3 is 6.18 Å². The molecule has 5 rings (SSSR count). The summed E-state index contributed by atoms with van der Waals surface area (Å²) in [5.74, 6) is 0.370. The van der Waals surface area contributed by atoms with Crippen LogP contribution < -0.4 is 10.1 Å². The molecule has 3 aromatic rings. The molecule has 42 heavy (non-hydrogen) atoms. The van der Waals surface area contributed by atoms with Crippen LogP contribution in [-0.4, -0.2) is 81.2 Å². The second-order valence-corrected chi connectivity index (χ2v) is 10.9. The molecule has 224 valence electrons. The molecule has 9 nitrogen and oxygen atoms in total. The molecule has 1 aromatic carbocycles. The van der Waals surface area contributed by atoms with Gasteiger partial charge in [-0.1, -0.05) is 12.6 Å². The van der Waals surface area contributed by atoms with Crippen molar-refractivity contribution in [2.75, 3.05) is 38.0 Å². The van der Waals surface area contributed by atoms with Crippen molar-refractivity contribution in [2.45, 2.75) is 57.3 Å². The summed E-state index contributed by atoms with van der Waals surface area (Å²) in [6, 6.07) is 8.58. The number of amides is 2. The number of nitrogens with one attached hydrogen (secondary N) is 1. The highest BCUT2D eigenvalue weighted by molar-refractivity contribution is 6.04. The molecular weight excluding hydrogens is 549 g/mol. The maximum atomic E-state index is 13.3. The van der Waals surface area contributed by atoms with Gasteiger partial charge in [0.25, 0.3) is 5.91 Å². The fourth-order valence-electron chi connectivity index (χ4n) is 5.79. The number of halogens is 3. The van der Waals surface area contributed by atoms with Crippen LogP contribution in [0.25, 0.3) is 11.0 Å². The highest BCUT2D eigenvalue weighted by atomic mass is 19.4. The van der Waals surface area contributed by atoms with Crippen LogP contribution in [0.3, 0.4) is 0 Å². The van der Waals surface area contributed by atoms with E-state index in [2.05, 4.69) is 16.9 Å². The zero-order valence-corrected chi connectivity index (χ0v) is 23.6. The number of carbonyl (C=O) groups excluding carboxylic acids is 2. The number of carbonyl (C=O) groups is 2. The van der Waals surface area contributed by atoms with Crippen LogP contribution in [0.1, 0.15) is 54.2 Å². The van der Waals surface area contributed by atoms with Crippen molar-refractivity contribution >= 4 is 28.8 Å². The molecule has 1 N–H and O–H groups in total. The van der Waals surface area contributed by atoms with E-state index in [0.717, 1.165) is 19.3 Å². The van der Waals surface area contributed by atoms with E-state index in [1.807, 2.05) is 22.8 Å². The number of nitrogens with zero attached hydrogens (tertiary/aromatic N) is 5. The highest BCUT2D eigenvalue weighted by Crippen LogP contribution is 2.36. The number of ether oxygens (including phenoxy) is 1. The number of pyridine rings is 1. The van der Waals surface area contributed by atoms with Crippen LogP contribution >= 0.6 is 0 Å². The number of likely N-dealkylation sites (tertiary alicyclic amines) is 2. The predicted molar refractivity (Wildman–Crippen MR) is 152 cm³/mol. The Balaban J connectivity index is 1.49. The lowest BCUT2D eigenvalue weighted by Crippen LogP contribution is -2.42. The Bertz CT molecular complexity index is 1450. The van der Waals surface area contributed by atoms with Crippen molar-refractivity contribution < 1.29 is 27.5 Å². The molecule has 2 fully saturated rings. The lowest BCUT2D eigenvalue weighted by Gasteiger charge is -2.33. The number of alkyl halides is 3. The Labute approximate surface area is 242 Å². The third kappa shape index (κ3) is 6.92. The van der Waals surface area contributed by atoms with Crippen LogP contribution in [0.5, 0.6) is 5.75 Å². The van der Waals surface area contributed by atoms with E-state index in [4.69, 9.17) is 9.72 Å². The second-order valence-electron chi connectivity index (χ2n) is 10.9. The first-order chi connectivity index (χ1) is 20.1. The topological polar surface area (TPSA) is 92.6 Å². The lowest BCUT2D eigenvalue weighted by atomic mass is 10.1. The predicted octanol–water partition coefficient (Wildman–Crippen LogP) is 5.14. The van der Waals surface area contributed by atoms with E-state index >= 15 is 0 Å². The smallest absolute Gasteiger partial charge is 0.401 e. The van der Waals surface area contributed by atoms with Crippen molar-refractivity contribution in [1.82, 2.24) is 24.3 Å². The van der Waals surface area contributed by atoms with E-state index in [1.165, 1.54) is 11.0 Å². The van der Waals surface area contributed by atoms with Gasteiger partial charge in [0.15, 0.2) is 0 Å². The average molecular weight is 585 g/mol. The number of fused-ring (bicyclic) bond motifs is 1. The number of aryl methyl sites for hydroxylation is 1. The van der Waals surface area contributed by atoms with Gasteiger partial charge in [0, 0.05) is 43.6 Å². The van der Waals surface area contributed by atoms with E-state index in [1.54, 1.807) is 30.2 Å². The first-order valence-electron chi connectivity index (χ1n) is 14.2. The summed E-state index contributed by atoms with van der Waals surface area (Å²) in [5.41, 5.74) is 2.42. The fraction of sp³-hybridized carbons (Fsp3) is 0.467. The molecule has 0 bridgehead atoms. The molecule has 2 amide bonds. The zero-order valence-electron chi connectivity index (χ0n) is 23.6. The molecule has 1 atom stereocenters. The Hall–Kier alpha value is -3.93. The SMILES string of the molecule is C=CC(=O)N1CCCC[C@@H](n2c(NC(=O)c3ccnc(C)c3)nc3cccc(OC4CCN(CC(F)(F)F)CC4)c32)C1. The Morgan fingerprint density at radius 3 is 2.64 bits per heavy atom. The number of aromatic nitrogens is 3. The number of hydrogen-bond donors (Lipinski definition) is 1. The number of piperidine rings is 1. The molecule has 0 unspecified atom stereocenters. The summed E-state index contributed by atoms with van der Waals surface area (Å²) >= 11 is 0. The minimum Gasteiger partial charge on any atom is -0.488 e. The molecular formula is C30H35F3N6O3. The molecule has 0 radical (unpaired) electrons. The molecule has 0 saturated carbocycles. The Kier molecular flexibility index (Phi) is 8.81. The molecule has 4 heterocycles. The lowest BCUT2D eigenvalue weighted by molar-refractivity contribution is -0.149. The van der Waals surface area contributed by atoms with Crippen LogP contribution in [0.15, 0.2) is 49.2 Å². The summed E-state index contributed by atoms with van der Waals surface area (Å²) in [6.45, 7) is 6.10. The summed E-state index contributed by atoms with van der Waals surface area (Å²) < 4.78 is 47.0. The monoisotopic (exact) mass is 584 g/mol. The van der Waals surface area contributed by atoms with Crippen molar-refractivity contribution in [2.24, 2.45) is 0 Å². The Morgan fingerprint density at radius 2 is 1.93 bits per heavy atom. The largest absolute Gasteiger partial charge is 0.488 e. The van der Waals surface area contributed by atoms with Crippen molar-refractivity contribution in [3.63, 3.8) is 0 Å². The summed E-state index contributed by atoms with van der Waals surface area (Å²) in [7, 11) is 0. The summed E-state index contributed by atoms with van der Waals surface area (Å²) in [4.78, 5) is 38.0. The van der Waals surface area contributed by atoms with Crippen LogP contribution in [0, 0.1) is 6.92 Å². The quantitative estimate of drug-likeness (QED) is 0.387. The third-order valence-electron chi connectivity index (χ3n) is 7.79. The molecule has 2 saturated heterocycles. The highest BCUT2D eigenvalue weighted by Gasteiger charge is 2.33. The van der Waals surface area contributed by atoms with E-state index in [0.29, 0.717) is 59.9 Å². The number of anilines is 1. The van der Waals surface area contributed by atoms with E-state index in [-0.39, 0.29) is 37.0 Å². The van der Waals surface area contributed by atoms with Crippen molar-refractivity contribution in [3.8, 4) is 5.75 Å². The minimum absolute atomic E-state index is 0.161. The molecule has 2 aliphatic rings. The Morgan fingerprint density at radius 1 is 1.14 bits per heavy atom. The van der Waals surface area contributed by atoms with Gasteiger partial charge in [-0.3, -0.25) is 24.8 Å². The van der Waals surface area contributed by atoms with Crippen molar-refractivity contribution in [3.05, 3.63) is 60.4 Å². The standard InChI is InChI=1S/C30H35F3N6O3/c1-3-26(40)38-14-5-4-7-22(18-38)39-27-24(35-29(39)36-28(41)21-10-13-34-20(2)17-21)8-6-9-25(27)42-23-11-15-37(16-12-23)19-30(31,32)33/h3,6,8-10,13,17,22-23H,1,4-5,7,11-12,14-16,18-19H2,2H3,(H,35,36,41)/t22-/m1/s1. The second kappa shape index (κ2) is 12.5. The maximum Gasteiger partial charge on any atom is 0.401 e. The molecule has 2 aromatic heterocycles. The molecule has 0 aliphatic carbocycles. The molecule has 12 heteroatoms. The van der Waals surface area contributed by atoms with Crippen LogP contribution in [0.2, 0.25) is 0 Å². The van der Waals surface area contributed by atoms with Gasteiger partial charge < -0.3 is 14.2 Å². The van der Waals surface area contributed by atoms with Gasteiger partial charge in [-0.05, 0) is 69.4 Å². The van der Waals surface area contributed by atoms with E-state index < -0.39 is 12.7 Å². The van der Waals surface area contributed by atoms with Crippen LogP contribution in [0.4, 0.5) is 19.1 Å². The first-order valence-corrected chi connectivity index (χ1v) is 14.2. The number of para-hydroxylation sites is 1. The number of rotatable bonds is 7. The first kappa shape index (κ1) is 29.6. The summed E-state index contributed by atoms with van der Waals surface area (Å²) in [5, 5.41) is 2.97. The average Bonchev–Trinajstić information content (AvgIpc) is 3.14. The van der Waals surface area contributed by atoms with Gasteiger partial charge in [-0.25, -0.2) is 4.98 Å². The minimum atomic E-state index is -4.23. The zero-order chi connectivity index (χ0) is 29.9. The maximum absolute atomic E-state index is 13.3. The van der Waals surface area contributed by atoms with Crippen molar-refractivity contribution in [1.29, 1.82) is 0 Å². The number of benzene rings is 1. The number of imidazole rings is 1. The molecule has 0 spiro atoms. The third-order valence-corrected chi connectivity index (χ3v) is 7.79. The van der Waals surface area contributed by atoms with Gasteiger partial charge in [0.2, 0.25) is 11.9 Å². The fourth-order valence-corrected chi connectivity index (χ4v) is 5.79. The van der Waals surface area contributed by atoms with Gasteiger partial charge in [0.1, 0.15) is 17.4 Å². The van der Waals surface area contributed by atoms with Gasteiger partial charge in [-0.2, -0.15) is 13.2 Å². The van der Waals surface area contributed by atoms with E-state index in [9.17, 15) is 22.8 Å². The number of hydrogen-bond acceptors (Lipinski definition) is 6. The molecule has 2 aliphatic heterocycles. The van der Waals surface area contributed by atoms with Gasteiger partial charge in [0.05, 0.1) is 18.1 Å². The normalized spacial score (nSPS) is 19.0. The van der Waals surface area contributed by atoms with Gasteiger partial charge in [-0.15, -0.1) is 0 Å². The van der Waals surface area contributed by atoms with Crippen LogP contribution in [-0.2, 0) is 4.79 Å².